The van der Waals surface area contributed by atoms with Crippen molar-refractivity contribution in [1.82, 2.24) is 5.32 Å². The zero-order valence-corrected chi connectivity index (χ0v) is 13.5. The summed E-state index contributed by atoms with van der Waals surface area (Å²) in [5.41, 5.74) is 2.18. The standard InChI is InChI=1S/C16H16BrClFN/c1-11(8-13-4-2-3-5-15(13)18)20-10-12-6-7-16(19)14(17)9-12/h2-7,9,11,20H,8,10H2,1H3. The Labute approximate surface area is 132 Å². The lowest BCUT2D eigenvalue weighted by molar-refractivity contribution is 0.544. The molecule has 0 aliphatic heterocycles. The van der Waals surface area contributed by atoms with Crippen molar-refractivity contribution in [3.05, 3.63) is 68.9 Å². The van der Waals surface area contributed by atoms with Gasteiger partial charge in [0, 0.05) is 17.6 Å². The molecule has 4 heteroatoms. The highest BCUT2D eigenvalue weighted by Crippen LogP contribution is 2.18. The van der Waals surface area contributed by atoms with Gasteiger partial charge in [-0.05, 0) is 58.6 Å². The molecule has 0 heterocycles. The van der Waals surface area contributed by atoms with E-state index in [4.69, 9.17) is 11.6 Å². The Morgan fingerprint density at radius 2 is 2.00 bits per heavy atom. The Morgan fingerprint density at radius 3 is 2.70 bits per heavy atom. The summed E-state index contributed by atoms with van der Waals surface area (Å²) in [6.45, 7) is 2.81. The summed E-state index contributed by atoms with van der Waals surface area (Å²) in [7, 11) is 0. The molecule has 0 saturated carbocycles. The van der Waals surface area contributed by atoms with Crippen molar-refractivity contribution in [1.29, 1.82) is 0 Å². The third kappa shape index (κ3) is 4.30. The van der Waals surface area contributed by atoms with Crippen molar-refractivity contribution in [2.45, 2.75) is 25.9 Å². The molecule has 0 spiro atoms. The van der Waals surface area contributed by atoms with Gasteiger partial charge < -0.3 is 5.32 Å². The van der Waals surface area contributed by atoms with Gasteiger partial charge in [-0.3, -0.25) is 0 Å². The van der Waals surface area contributed by atoms with Crippen LogP contribution in [0.15, 0.2) is 46.9 Å². The topological polar surface area (TPSA) is 12.0 Å². The Morgan fingerprint density at radius 1 is 1.25 bits per heavy atom. The Kier molecular flexibility index (Phi) is 5.58. The summed E-state index contributed by atoms with van der Waals surface area (Å²) in [4.78, 5) is 0. The van der Waals surface area contributed by atoms with Gasteiger partial charge in [-0.15, -0.1) is 0 Å². The molecule has 2 rings (SSSR count). The molecule has 0 aromatic heterocycles. The second-order valence-electron chi connectivity index (χ2n) is 4.83. The van der Waals surface area contributed by atoms with E-state index in [1.165, 1.54) is 6.07 Å². The van der Waals surface area contributed by atoms with E-state index in [1.54, 1.807) is 12.1 Å². The van der Waals surface area contributed by atoms with Crippen LogP contribution in [0.25, 0.3) is 0 Å². The number of hydrogen-bond acceptors (Lipinski definition) is 1. The lowest BCUT2D eigenvalue weighted by Crippen LogP contribution is -2.27. The molecule has 0 aliphatic carbocycles. The van der Waals surface area contributed by atoms with Crippen molar-refractivity contribution in [2.75, 3.05) is 0 Å². The second kappa shape index (κ2) is 7.21. The van der Waals surface area contributed by atoms with Crippen LogP contribution in [0.1, 0.15) is 18.1 Å². The predicted octanol–water partition coefficient (Wildman–Crippen LogP) is 4.96. The molecular formula is C16H16BrClFN. The van der Waals surface area contributed by atoms with Crippen LogP contribution in [0.5, 0.6) is 0 Å². The summed E-state index contributed by atoms with van der Waals surface area (Å²) in [6, 6.07) is 13.2. The maximum absolute atomic E-state index is 13.1. The van der Waals surface area contributed by atoms with Gasteiger partial charge >= 0.3 is 0 Å². The van der Waals surface area contributed by atoms with E-state index in [-0.39, 0.29) is 5.82 Å². The molecule has 1 unspecified atom stereocenters. The Balaban J connectivity index is 1.90. The summed E-state index contributed by atoms with van der Waals surface area (Å²) in [6.07, 6.45) is 0.863. The monoisotopic (exact) mass is 355 g/mol. The van der Waals surface area contributed by atoms with Gasteiger partial charge in [0.25, 0.3) is 0 Å². The largest absolute Gasteiger partial charge is 0.310 e. The number of benzene rings is 2. The molecule has 0 radical (unpaired) electrons. The molecular weight excluding hydrogens is 341 g/mol. The highest BCUT2D eigenvalue weighted by molar-refractivity contribution is 9.10. The van der Waals surface area contributed by atoms with Crippen molar-refractivity contribution in [2.24, 2.45) is 0 Å². The fourth-order valence-electron chi connectivity index (χ4n) is 2.01. The Bertz CT molecular complexity index is 588. The van der Waals surface area contributed by atoms with E-state index in [0.717, 1.165) is 22.6 Å². The first-order valence-corrected chi connectivity index (χ1v) is 7.64. The highest BCUT2D eigenvalue weighted by atomic mass is 79.9. The molecule has 1 nitrogen and oxygen atoms in total. The van der Waals surface area contributed by atoms with Crippen molar-refractivity contribution in [3.8, 4) is 0 Å². The minimum Gasteiger partial charge on any atom is -0.310 e. The normalized spacial score (nSPS) is 12.4. The third-order valence-corrected chi connectivity index (χ3v) is 4.10. The molecule has 2 aromatic carbocycles. The summed E-state index contributed by atoms with van der Waals surface area (Å²) in [5.74, 6) is -0.238. The lowest BCUT2D eigenvalue weighted by Gasteiger charge is -2.15. The first-order valence-electron chi connectivity index (χ1n) is 6.47. The maximum Gasteiger partial charge on any atom is 0.137 e. The van der Waals surface area contributed by atoms with E-state index in [2.05, 4.69) is 28.2 Å². The predicted molar refractivity (Wildman–Crippen MR) is 85.6 cm³/mol. The number of rotatable bonds is 5. The average Bonchev–Trinajstić information content (AvgIpc) is 2.43. The molecule has 0 aliphatic rings. The maximum atomic E-state index is 13.1. The van der Waals surface area contributed by atoms with Crippen LogP contribution in [-0.4, -0.2) is 6.04 Å². The summed E-state index contributed by atoms with van der Waals surface area (Å²) >= 11 is 9.34. The van der Waals surface area contributed by atoms with Crippen molar-refractivity contribution >= 4 is 27.5 Å². The smallest absolute Gasteiger partial charge is 0.137 e. The minimum absolute atomic E-state index is 0.238. The number of nitrogens with one attached hydrogen (secondary N) is 1. The first kappa shape index (κ1) is 15.5. The molecule has 2 aromatic rings. The molecule has 1 atom stereocenters. The van der Waals surface area contributed by atoms with E-state index in [1.807, 2.05) is 24.3 Å². The van der Waals surface area contributed by atoms with E-state index < -0.39 is 0 Å². The molecule has 106 valence electrons. The van der Waals surface area contributed by atoms with Gasteiger partial charge in [0.2, 0.25) is 0 Å². The van der Waals surface area contributed by atoms with Gasteiger partial charge in [-0.2, -0.15) is 0 Å². The zero-order chi connectivity index (χ0) is 14.5. The molecule has 1 N–H and O–H groups in total. The third-order valence-electron chi connectivity index (χ3n) is 3.12. The van der Waals surface area contributed by atoms with Crippen LogP contribution >= 0.6 is 27.5 Å². The van der Waals surface area contributed by atoms with Crippen molar-refractivity contribution < 1.29 is 4.39 Å². The van der Waals surface area contributed by atoms with Gasteiger partial charge in [-0.1, -0.05) is 35.9 Å². The fraction of sp³-hybridized carbons (Fsp3) is 0.250. The molecule has 20 heavy (non-hydrogen) atoms. The van der Waals surface area contributed by atoms with Crippen LogP contribution in [0.2, 0.25) is 5.02 Å². The van der Waals surface area contributed by atoms with Crippen molar-refractivity contribution in [3.63, 3.8) is 0 Å². The zero-order valence-electron chi connectivity index (χ0n) is 11.2. The molecule has 0 bridgehead atoms. The van der Waals surface area contributed by atoms with Gasteiger partial charge in [0.15, 0.2) is 0 Å². The van der Waals surface area contributed by atoms with Gasteiger partial charge in [0.05, 0.1) is 4.47 Å². The SMILES string of the molecule is CC(Cc1ccccc1Cl)NCc1ccc(F)c(Br)c1. The molecule has 0 amide bonds. The quantitative estimate of drug-likeness (QED) is 0.798. The van der Waals surface area contributed by atoms with Gasteiger partial charge in [-0.25, -0.2) is 4.39 Å². The van der Waals surface area contributed by atoms with E-state index >= 15 is 0 Å². The van der Waals surface area contributed by atoms with Gasteiger partial charge in [0.1, 0.15) is 5.82 Å². The lowest BCUT2D eigenvalue weighted by atomic mass is 10.1. The van der Waals surface area contributed by atoms with Crippen LogP contribution in [0.3, 0.4) is 0 Å². The number of halogens is 3. The fourth-order valence-corrected chi connectivity index (χ4v) is 2.65. The Hall–Kier alpha value is -0.900. The summed E-state index contributed by atoms with van der Waals surface area (Å²) in [5, 5.41) is 4.22. The number of hydrogen-bond donors (Lipinski definition) is 1. The van der Waals surface area contributed by atoms with E-state index in [0.29, 0.717) is 17.1 Å². The second-order valence-corrected chi connectivity index (χ2v) is 6.09. The average molecular weight is 357 g/mol. The minimum atomic E-state index is -0.238. The first-order chi connectivity index (χ1) is 9.56. The van der Waals surface area contributed by atoms with E-state index in [9.17, 15) is 4.39 Å². The van der Waals surface area contributed by atoms with Crippen LogP contribution in [-0.2, 0) is 13.0 Å². The van der Waals surface area contributed by atoms with Crippen LogP contribution in [0.4, 0.5) is 4.39 Å². The van der Waals surface area contributed by atoms with Crippen LogP contribution in [0, 0.1) is 5.82 Å². The van der Waals surface area contributed by atoms with Crippen LogP contribution < -0.4 is 5.32 Å². The highest BCUT2D eigenvalue weighted by Gasteiger charge is 2.07. The molecule has 0 saturated heterocycles. The summed E-state index contributed by atoms with van der Waals surface area (Å²) < 4.78 is 13.6. The molecule has 0 fully saturated rings.